The summed E-state index contributed by atoms with van der Waals surface area (Å²) in [4.78, 5) is 6.73. The van der Waals surface area contributed by atoms with Crippen molar-refractivity contribution in [2.45, 2.75) is 38.6 Å². The molecule has 2 rings (SSSR count). The van der Waals surface area contributed by atoms with E-state index in [1.54, 1.807) is 7.11 Å². The van der Waals surface area contributed by atoms with Crippen molar-refractivity contribution in [1.82, 2.24) is 15.5 Å². The van der Waals surface area contributed by atoms with Crippen molar-refractivity contribution < 1.29 is 4.74 Å². The number of halogens is 1. The number of ether oxygens (including phenoxy) is 1. The minimum absolute atomic E-state index is 0. The summed E-state index contributed by atoms with van der Waals surface area (Å²) in [7, 11) is 5.81. The molecule has 5 nitrogen and oxygen atoms in total. The maximum absolute atomic E-state index is 5.27. The standard InChI is InChI=1S/C21H36N4O.HI/c1-22-20(24-18-21(11-7-12-21)13-16-26-3)23-14-8-15-25(2)17-19-9-5-4-6-10-19;/h4-6,9-10H,7-8,11-18H2,1-3H3,(H2,22,23,24);1H. The molecule has 1 aliphatic carbocycles. The minimum atomic E-state index is 0. The van der Waals surface area contributed by atoms with Gasteiger partial charge in [-0.05, 0) is 50.3 Å². The van der Waals surface area contributed by atoms with Crippen molar-refractivity contribution in [3.8, 4) is 0 Å². The van der Waals surface area contributed by atoms with E-state index in [2.05, 4.69) is 57.9 Å². The molecule has 2 N–H and O–H groups in total. The van der Waals surface area contributed by atoms with Crippen LogP contribution in [0.5, 0.6) is 0 Å². The van der Waals surface area contributed by atoms with Crippen LogP contribution >= 0.6 is 24.0 Å². The Morgan fingerprint density at radius 2 is 1.96 bits per heavy atom. The van der Waals surface area contributed by atoms with E-state index < -0.39 is 0 Å². The number of benzene rings is 1. The Morgan fingerprint density at radius 1 is 1.22 bits per heavy atom. The van der Waals surface area contributed by atoms with Crippen LogP contribution in [-0.2, 0) is 11.3 Å². The largest absolute Gasteiger partial charge is 0.385 e. The lowest BCUT2D eigenvalue weighted by molar-refractivity contribution is 0.0732. The normalized spacial score (nSPS) is 15.8. The first-order chi connectivity index (χ1) is 12.7. The molecule has 0 unspecified atom stereocenters. The Kier molecular flexibility index (Phi) is 11.9. The predicted octanol–water partition coefficient (Wildman–Crippen LogP) is 3.50. The van der Waals surface area contributed by atoms with E-state index in [1.807, 2.05) is 7.05 Å². The molecule has 0 aromatic heterocycles. The minimum Gasteiger partial charge on any atom is -0.385 e. The second kappa shape index (κ2) is 13.3. The zero-order valence-corrected chi connectivity index (χ0v) is 19.5. The Balaban J connectivity index is 0.00000364. The number of rotatable bonds is 11. The number of methoxy groups -OCH3 is 1. The molecule has 0 spiro atoms. The second-order valence-corrected chi connectivity index (χ2v) is 7.53. The maximum atomic E-state index is 5.27. The van der Waals surface area contributed by atoms with Crippen LogP contribution in [0.25, 0.3) is 0 Å². The zero-order valence-electron chi connectivity index (χ0n) is 17.2. The van der Waals surface area contributed by atoms with Gasteiger partial charge in [0, 0.05) is 40.4 Å². The molecule has 0 amide bonds. The van der Waals surface area contributed by atoms with E-state index in [0.29, 0.717) is 5.41 Å². The summed E-state index contributed by atoms with van der Waals surface area (Å²) in [6.45, 7) is 4.84. The molecule has 27 heavy (non-hydrogen) atoms. The van der Waals surface area contributed by atoms with Gasteiger partial charge in [-0.1, -0.05) is 36.8 Å². The second-order valence-electron chi connectivity index (χ2n) is 7.53. The molecule has 0 aliphatic heterocycles. The summed E-state index contributed by atoms with van der Waals surface area (Å²) in [5, 5.41) is 6.97. The zero-order chi connectivity index (χ0) is 18.7. The summed E-state index contributed by atoms with van der Waals surface area (Å²) < 4.78 is 5.27. The summed E-state index contributed by atoms with van der Waals surface area (Å²) in [6.07, 6.45) is 6.16. The van der Waals surface area contributed by atoms with Gasteiger partial charge < -0.3 is 20.3 Å². The van der Waals surface area contributed by atoms with Crippen molar-refractivity contribution in [2.75, 3.05) is 47.4 Å². The molecule has 0 bridgehead atoms. The van der Waals surface area contributed by atoms with E-state index >= 15 is 0 Å². The number of aliphatic imine (C=N–C) groups is 1. The van der Waals surface area contributed by atoms with Gasteiger partial charge in [-0.25, -0.2) is 0 Å². The molecule has 0 heterocycles. The van der Waals surface area contributed by atoms with Gasteiger partial charge >= 0.3 is 0 Å². The van der Waals surface area contributed by atoms with Crippen molar-refractivity contribution in [3.05, 3.63) is 35.9 Å². The molecular weight excluding hydrogens is 451 g/mol. The van der Waals surface area contributed by atoms with Crippen LogP contribution in [0.2, 0.25) is 0 Å². The first kappa shape index (κ1) is 24.2. The number of hydrogen-bond acceptors (Lipinski definition) is 3. The highest BCUT2D eigenvalue weighted by Crippen LogP contribution is 2.43. The molecule has 1 saturated carbocycles. The summed E-state index contributed by atoms with van der Waals surface area (Å²) in [5.74, 6) is 0.916. The van der Waals surface area contributed by atoms with Gasteiger partial charge in [-0.15, -0.1) is 24.0 Å². The van der Waals surface area contributed by atoms with Crippen molar-refractivity contribution in [2.24, 2.45) is 10.4 Å². The fourth-order valence-corrected chi connectivity index (χ4v) is 3.53. The SMILES string of the molecule is CN=C(NCCCN(C)Cc1ccccc1)NCC1(CCOC)CCC1.I. The number of hydrogen-bond donors (Lipinski definition) is 2. The lowest BCUT2D eigenvalue weighted by Crippen LogP contribution is -2.47. The van der Waals surface area contributed by atoms with Gasteiger partial charge in [0.1, 0.15) is 0 Å². The maximum Gasteiger partial charge on any atom is 0.190 e. The van der Waals surface area contributed by atoms with E-state index in [4.69, 9.17) is 4.74 Å². The van der Waals surface area contributed by atoms with Crippen LogP contribution in [0.1, 0.15) is 37.7 Å². The summed E-state index contributed by atoms with van der Waals surface area (Å²) >= 11 is 0. The van der Waals surface area contributed by atoms with E-state index in [0.717, 1.165) is 51.6 Å². The average molecular weight is 488 g/mol. The topological polar surface area (TPSA) is 48.9 Å². The van der Waals surface area contributed by atoms with Crippen LogP contribution in [0.15, 0.2) is 35.3 Å². The molecule has 1 aliphatic rings. The van der Waals surface area contributed by atoms with Crippen LogP contribution in [-0.4, -0.2) is 58.3 Å². The van der Waals surface area contributed by atoms with Gasteiger partial charge in [-0.2, -0.15) is 0 Å². The Bertz CT molecular complexity index is 534. The van der Waals surface area contributed by atoms with Crippen LogP contribution in [0.4, 0.5) is 0 Å². The number of guanidine groups is 1. The average Bonchev–Trinajstić information content (AvgIpc) is 2.63. The Morgan fingerprint density at radius 3 is 2.56 bits per heavy atom. The molecule has 6 heteroatoms. The van der Waals surface area contributed by atoms with Gasteiger partial charge in [0.05, 0.1) is 0 Å². The third kappa shape index (κ3) is 8.79. The summed E-state index contributed by atoms with van der Waals surface area (Å²) in [5.41, 5.74) is 1.77. The van der Waals surface area contributed by atoms with Gasteiger partial charge in [0.15, 0.2) is 5.96 Å². The van der Waals surface area contributed by atoms with Crippen molar-refractivity contribution >= 4 is 29.9 Å². The molecule has 0 atom stereocenters. The van der Waals surface area contributed by atoms with E-state index in [-0.39, 0.29) is 24.0 Å². The quantitative estimate of drug-likeness (QED) is 0.217. The Hall–Kier alpha value is -0.860. The lowest BCUT2D eigenvalue weighted by Gasteiger charge is -2.42. The molecule has 154 valence electrons. The van der Waals surface area contributed by atoms with E-state index in [9.17, 15) is 0 Å². The first-order valence-electron chi connectivity index (χ1n) is 9.83. The number of nitrogens with one attached hydrogen (secondary N) is 2. The monoisotopic (exact) mass is 488 g/mol. The highest BCUT2D eigenvalue weighted by Gasteiger charge is 2.36. The smallest absolute Gasteiger partial charge is 0.190 e. The fraction of sp³-hybridized carbons (Fsp3) is 0.667. The molecule has 0 radical (unpaired) electrons. The fourth-order valence-electron chi connectivity index (χ4n) is 3.53. The summed E-state index contributed by atoms with van der Waals surface area (Å²) in [6, 6.07) is 10.6. The molecular formula is C21H37IN4O. The van der Waals surface area contributed by atoms with Crippen molar-refractivity contribution in [1.29, 1.82) is 0 Å². The van der Waals surface area contributed by atoms with Crippen molar-refractivity contribution in [3.63, 3.8) is 0 Å². The van der Waals surface area contributed by atoms with Gasteiger partial charge in [0.25, 0.3) is 0 Å². The lowest BCUT2D eigenvalue weighted by atomic mass is 9.67. The number of nitrogens with zero attached hydrogens (tertiary/aromatic N) is 2. The molecule has 1 aromatic rings. The highest BCUT2D eigenvalue weighted by molar-refractivity contribution is 14.0. The van der Waals surface area contributed by atoms with Crippen LogP contribution < -0.4 is 10.6 Å². The third-order valence-corrected chi connectivity index (χ3v) is 5.41. The van der Waals surface area contributed by atoms with Crippen LogP contribution in [0, 0.1) is 5.41 Å². The van der Waals surface area contributed by atoms with E-state index in [1.165, 1.54) is 24.8 Å². The van der Waals surface area contributed by atoms with Gasteiger partial charge in [0.2, 0.25) is 0 Å². The predicted molar refractivity (Wildman–Crippen MR) is 125 cm³/mol. The highest BCUT2D eigenvalue weighted by atomic mass is 127. The first-order valence-corrected chi connectivity index (χ1v) is 9.83. The van der Waals surface area contributed by atoms with Gasteiger partial charge in [-0.3, -0.25) is 4.99 Å². The third-order valence-electron chi connectivity index (χ3n) is 5.41. The Labute approximate surface area is 182 Å². The molecule has 0 saturated heterocycles. The molecule has 1 aromatic carbocycles. The van der Waals surface area contributed by atoms with Crippen LogP contribution in [0.3, 0.4) is 0 Å². The molecule has 1 fully saturated rings.